The summed E-state index contributed by atoms with van der Waals surface area (Å²) in [7, 11) is 0. The van der Waals surface area contributed by atoms with Crippen LogP contribution in [-0.2, 0) is 14.3 Å². The number of aromatic nitrogens is 4. The zero-order valence-electron chi connectivity index (χ0n) is 18.8. The highest BCUT2D eigenvalue weighted by Crippen LogP contribution is 2.31. The van der Waals surface area contributed by atoms with Gasteiger partial charge in [0.2, 0.25) is 11.9 Å². The highest BCUT2D eigenvalue weighted by atomic mass is 32.1. The van der Waals surface area contributed by atoms with E-state index < -0.39 is 49.1 Å². The van der Waals surface area contributed by atoms with Crippen LogP contribution in [0.3, 0.4) is 0 Å². The van der Waals surface area contributed by atoms with E-state index in [1.165, 1.54) is 10.9 Å². The number of anilines is 1. The van der Waals surface area contributed by atoms with Crippen molar-refractivity contribution >= 4 is 41.2 Å². The smallest absolute Gasteiger partial charge is 0.303 e. The summed E-state index contributed by atoms with van der Waals surface area (Å²) in [4.78, 5) is 33.6. The van der Waals surface area contributed by atoms with Gasteiger partial charge in [-0.2, -0.15) is 0 Å². The maximum atomic E-state index is 11.7. The molecule has 1 unspecified atom stereocenters. The van der Waals surface area contributed by atoms with E-state index in [2.05, 4.69) is 49.3 Å². The van der Waals surface area contributed by atoms with Crippen LogP contribution in [0.1, 0.15) is 19.1 Å². The molecular formula is C21H25N7O7S. The Labute approximate surface area is 209 Å². The van der Waals surface area contributed by atoms with Gasteiger partial charge in [0.15, 0.2) is 10.9 Å². The number of imidazole rings is 1. The Balaban J connectivity index is 1.56. The number of carbonyl (C=O) groups excluding carboxylic acids is 1. The predicted molar refractivity (Wildman–Crippen MR) is 128 cm³/mol. The molecule has 1 amide bonds. The Bertz CT molecular complexity index is 1290. The average Bonchev–Trinajstić information content (AvgIpc) is 3.39. The van der Waals surface area contributed by atoms with Crippen molar-refractivity contribution in [1.29, 1.82) is 0 Å². The third-order valence-electron chi connectivity index (χ3n) is 5.18. The van der Waals surface area contributed by atoms with Crippen molar-refractivity contribution in [2.24, 2.45) is 5.73 Å². The minimum Gasteiger partial charge on any atom is -0.481 e. The number of ether oxygens (including phenoxy) is 1. The largest absolute Gasteiger partial charge is 0.481 e. The number of carboxylic acids is 1. The number of carbonyl (C=O) groups is 2. The van der Waals surface area contributed by atoms with Gasteiger partial charge in [-0.05, 0) is 18.3 Å². The van der Waals surface area contributed by atoms with E-state index >= 15 is 0 Å². The average molecular weight is 520 g/mol. The summed E-state index contributed by atoms with van der Waals surface area (Å²) in [6.45, 7) is -0.301. The molecule has 1 aliphatic heterocycles. The summed E-state index contributed by atoms with van der Waals surface area (Å²) in [5, 5.41) is 43.7. The first kappa shape index (κ1) is 27.0. The molecule has 192 valence electrons. The number of H-pyrrole nitrogens is 1. The van der Waals surface area contributed by atoms with Gasteiger partial charge in [0.05, 0.1) is 32.1 Å². The van der Waals surface area contributed by atoms with Gasteiger partial charge in [0.1, 0.15) is 29.5 Å². The molecule has 0 aromatic carbocycles. The van der Waals surface area contributed by atoms with Gasteiger partial charge in [-0.25, -0.2) is 9.97 Å². The molecule has 1 saturated heterocycles. The number of amides is 1. The standard InChI is InChI=1S/C21H25N7O7S/c22-11(5-6-13(30)31)18(34)23-7-3-1-2-4-8-24-21-26-17-14(19(36)27-21)25-10-28(17)20-16(33)15(32)12(9-29)35-20/h10-12,15-16,20,29,32-33H,5-9,22H2,(H,23,34)(H,30,31)(H2,24,26,27,36)/t11?,12-,15-,16-,20-/m1/s1. The maximum absolute atomic E-state index is 11.7. The van der Waals surface area contributed by atoms with Gasteiger partial charge >= 0.3 is 5.97 Å². The molecule has 9 N–H and O–H groups in total. The van der Waals surface area contributed by atoms with Gasteiger partial charge < -0.3 is 46.5 Å². The van der Waals surface area contributed by atoms with Crippen LogP contribution in [-0.4, -0.2) is 95.9 Å². The number of nitrogens with two attached hydrogens (primary N) is 1. The third kappa shape index (κ3) is 6.55. The van der Waals surface area contributed by atoms with Gasteiger partial charge in [0.25, 0.3) is 0 Å². The number of hydrogen-bond acceptors (Lipinski definition) is 11. The molecule has 3 rings (SSSR count). The first-order valence-corrected chi connectivity index (χ1v) is 11.2. The number of aliphatic hydroxyl groups is 3. The SMILES string of the molecule is NC(CCC(=O)O)C(=O)NCC#CC#CCNc1nc(=S)c2ncn([C@@H]3O[C@H](CO)[C@@H](O)[C@H]3O)c2[nH]1. The van der Waals surface area contributed by atoms with Crippen LogP contribution < -0.4 is 16.4 Å². The van der Waals surface area contributed by atoms with E-state index in [1.54, 1.807) is 0 Å². The number of fused-ring (bicyclic) bond motifs is 1. The second-order valence-corrected chi connectivity index (χ2v) is 8.07. The Morgan fingerprint density at radius 1 is 1.28 bits per heavy atom. The fourth-order valence-electron chi connectivity index (χ4n) is 3.30. The van der Waals surface area contributed by atoms with Crippen molar-refractivity contribution in [3.05, 3.63) is 11.0 Å². The normalized spacial score (nSPS) is 21.7. The van der Waals surface area contributed by atoms with Crippen LogP contribution in [0.25, 0.3) is 11.2 Å². The molecule has 0 spiro atoms. The maximum Gasteiger partial charge on any atom is 0.303 e. The summed E-state index contributed by atoms with van der Waals surface area (Å²) in [5.74, 6) is 9.31. The van der Waals surface area contributed by atoms with Crippen LogP contribution in [0.15, 0.2) is 6.33 Å². The molecule has 15 heteroatoms. The molecule has 0 bridgehead atoms. The van der Waals surface area contributed by atoms with Crippen molar-refractivity contribution in [2.45, 2.75) is 43.4 Å². The van der Waals surface area contributed by atoms with E-state index in [0.29, 0.717) is 11.2 Å². The summed E-state index contributed by atoms with van der Waals surface area (Å²) >= 11 is 5.28. The summed E-state index contributed by atoms with van der Waals surface area (Å²) in [6, 6.07) is -0.922. The lowest BCUT2D eigenvalue weighted by Crippen LogP contribution is -2.40. The molecule has 2 aromatic heterocycles. The molecule has 1 aliphatic rings. The van der Waals surface area contributed by atoms with Crippen LogP contribution in [0.4, 0.5) is 5.95 Å². The van der Waals surface area contributed by atoms with Crippen LogP contribution in [0, 0.1) is 28.3 Å². The zero-order valence-corrected chi connectivity index (χ0v) is 19.7. The number of hydrogen-bond donors (Lipinski definition) is 8. The van der Waals surface area contributed by atoms with E-state index in [-0.39, 0.29) is 36.5 Å². The minimum absolute atomic E-state index is 0.0118. The van der Waals surface area contributed by atoms with Gasteiger partial charge in [-0.1, -0.05) is 24.1 Å². The molecule has 36 heavy (non-hydrogen) atoms. The number of aliphatic carboxylic acids is 1. The Hall–Kier alpha value is -3.57. The molecule has 1 fully saturated rings. The minimum atomic E-state index is -1.29. The number of carboxylic acid groups (broad SMARTS) is 1. The van der Waals surface area contributed by atoms with Crippen molar-refractivity contribution in [2.75, 3.05) is 25.0 Å². The van der Waals surface area contributed by atoms with E-state index in [0.717, 1.165) is 0 Å². The number of nitrogens with one attached hydrogen (secondary N) is 3. The summed E-state index contributed by atoms with van der Waals surface area (Å²) in [5.41, 5.74) is 6.33. The lowest BCUT2D eigenvalue weighted by molar-refractivity contribution is -0.137. The quantitative estimate of drug-likeness (QED) is 0.131. The van der Waals surface area contributed by atoms with Crippen molar-refractivity contribution in [3.63, 3.8) is 0 Å². The number of aromatic amines is 1. The fraction of sp³-hybridized carbons (Fsp3) is 0.476. The number of rotatable bonds is 9. The third-order valence-corrected chi connectivity index (χ3v) is 5.46. The highest BCUT2D eigenvalue weighted by Gasteiger charge is 2.43. The Morgan fingerprint density at radius 2 is 2.00 bits per heavy atom. The van der Waals surface area contributed by atoms with Gasteiger partial charge in [-0.3, -0.25) is 14.2 Å². The lowest BCUT2D eigenvalue weighted by atomic mass is 10.1. The first-order valence-electron chi connectivity index (χ1n) is 10.8. The topological polar surface area (TPSA) is 221 Å². The van der Waals surface area contributed by atoms with E-state index in [1.807, 2.05) is 0 Å². The first-order chi connectivity index (χ1) is 17.2. The zero-order chi connectivity index (χ0) is 26.2. The predicted octanol–water partition coefficient (Wildman–Crippen LogP) is -2.17. The molecule has 0 saturated carbocycles. The molecule has 5 atom stereocenters. The van der Waals surface area contributed by atoms with Crippen LogP contribution >= 0.6 is 12.2 Å². The molecule has 0 aliphatic carbocycles. The molecule has 14 nitrogen and oxygen atoms in total. The van der Waals surface area contributed by atoms with Crippen molar-refractivity contribution < 1.29 is 34.8 Å². The second kappa shape index (κ2) is 12.4. The number of aliphatic hydroxyl groups excluding tert-OH is 3. The Morgan fingerprint density at radius 3 is 2.67 bits per heavy atom. The van der Waals surface area contributed by atoms with Gasteiger partial charge in [-0.15, -0.1) is 0 Å². The van der Waals surface area contributed by atoms with E-state index in [9.17, 15) is 24.9 Å². The number of nitrogens with zero attached hydrogens (tertiary/aromatic N) is 3. The van der Waals surface area contributed by atoms with Gasteiger partial charge in [0, 0.05) is 6.42 Å². The van der Waals surface area contributed by atoms with Crippen LogP contribution in [0.5, 0.6) is 0 Å². The molecular weight excluding hydrogens is 494 g/mol. The van der Waals surface area contributed by atoms with E-state index in [4.69, 9.17) is 27.8 Å². The van der Waals surface area contributed by atoms with Crippen LogP contribution in [0.2, 0.25) is 0 Å². The summed E-state index contributed by atoms with van der Waals surface area (Å²) in [6.07, 6.45) is -3.27. The molecule has 3 heterocycles. The monoisotopic (exact) mass is 519 g/mol. The lowest BCUT2D eigenvalue weighted by Gasteiger charge is -2.17. The van der Waals surface area contributed by atoms with Crippen molar-refractivity contribution in [3.8, 4) is 23.7 Å². The second-order valence-electron chi connectivity index (χ2n) is 7.68. The van der Waals surface area contributed by atoms with Crippen molar-refractivity contribution in [1.82, 2.24) is 24.8 Å². The molecule has 0 radical (unpaired) electrons. The fourth-order valence-corrected chi connectivity index (χ4v) is 3.54. The summed E-state index contributed by atoms with van der Waals surface area (Å²) < 4.78 is 7.19. The molecule has 2 aromatic rings. The highest BCUT2D eigenvalue weighted by molar-refractivity contribution is 7.71. The Kier molecular flexibility index (Phi) is 9.31.